The topological polar surface area (TPSA) is 102 Å². The second kappa shape index (κ2) is 10.4. The van der Waals surface area contributed by atoms with Gasteiger partial charge in [-0.05, 0) is 24.5 Å². The van der Waals surface area contributed by atoms with Crippen molar-refractivity contribution in [2.45, 2.75) is 32.2 Å². The molecule has 0 spiro atoms. The third kappa shape index (κ3) is 5.79. The lowest BCUT2D eigenvalue weighted by Crippen LogP contribution is -2.35. The maximum absolute atomic E-state index is 12.7. The molecule has 8 heteroatoms. The standard InChI is InChI=1S/C22H25N3O5/c26-21(24-12-6-1-2-7-13-24)16-30-22(27)19-14-18(25(28)29)10-11-20(19)23-15-17-8-4-3-5-9-17/h3-5,8-11,14,23H,1-2,6-7,12-13,15-16H2. The van der Waals surface area contributed by atoms with E-state index in [1.165, 1.54) is 18.2 Å². The van der Waals surface area contributed by atoms with E-state index in [0.29, 0.717) is 25.3 Å². The Morgan fingerprint density at radius 3 is 2.40 bits per heavy atom. The first-order valence-electron chi connectivity index (χ1n) is 10.1. The monoisotopic (exact) mass is 411 g/mol. The molecule has 1 fully saturated rings. The molecule has 0 aliphatic carbocycles. The Labute approximate surface area is 175 Å². The average Bonchev–Trinajstić information content (AvgIpc) is 3.06. The van der Waals surface area contributed by atoms with Gasteiger partial charge in [0.2, 0.25) is 0 Å². The molecule has 3 rings (SSSR count). The van der Waals surface area contributed by atoms with Crippen molar-refractivity contribution < 1.29 is 19.2 Å². The first-order valence-corrected chi connectivity index (χ1v) is 10.1. The van der Waals surface area contributed by atoms with Gasteiger partial charge in [-0.15, -0.1) is 0 Å². The number of amides is 1. The Balaban J connectivity index is 1.69. The van der Waals surface area contributed by atoms with Crippen molar-refractivity contribution in [1.82, 2.24) is 4.90 Å². The number of esters is 1. The molecule has 2 aromatic carbocycles. The van der Waals surface area contributed by atoms with Crippen LogP contribution < -0.4 is 5.32 Å². The summed E-state index contributed by atoms with van der Waals surface area (Å²) in [5.74, 6) is -1.01. The molecule has 1 aliphatic rings. The van der Waals surface area contributed by atoms with Crippen LogP contribution in [0.4, 0.5) is 11.4 Å². The lowest BCUT2D eigenvalue weighted by Gasteiger charge is -2.20. The molecule has 2 aromatic rings. The van der Waals surface area contributed by atoms with Gasteiger partial charge in [0.25, 0.3) is 11.6 Å². The van der Waals surface area contributed by atoms with E-state index in [9.17, 15) is 19.7 Å². The van der Waals surface area contributed by atoms with E-state index in [1.807, 2.05) is 30.3 Å². The lowest BCUT2D eigenvalue weighted by atomic mass is 10.1. The van der Waals surface area contributed by atoms with Gasteiger partial charge < -0.3 is 15.0 Å². The number of hydrogen-bond donors (Lipinski definition) is 1. The van der Waals surface area contributed by atoms with E-state index >= 15 is 0 Å². The van der Waals surface area contributed by atoms with E-state index in [-0.39, 0.29) is 23.8 Å². The highest BCUT2D eigenvalue weighted by Gasteiger charge is 2.21. The molecule has 8 nitrogen and oxygen atoms in total. The minimum atomic E-state index is -0.766. The number of hydrogen-bond acceptors (Lipinski definition) is 6. The van der Waals surface area contributed by atoms with Crippen LogP contribution in [0.2, 0.25) is 0 Å². The van der Waals surface area contributed by atoms with Crippen LogP contribution >= 0.6 is 0 Å². The zero-order chi connectivity index (χ0) is 21.3. The van der Waals surface area contributed by atoms with Gasteiger partial charge in [0.05, 0.1) is 10.5 Å². The first kappa shape index (κ1) is 21.3. The van der Waals surface area contributed by atoms with Crippen LogP contribution in [-0.4, -0.2) is 41.4 Å². The smallest absolute Gasteiger partial charge is 0.341 e. The number of carbonyl (C=O) groups is 2. The molecule has 1 N–H and O–H groups in total. The van der Waals surface area contributed by atoms with Crippen LogP contribution in [0, 0.1) is 10.1 Å². The number of nitrogens with zero attached hydrogens (tertiary/aromatic N) is 2. The zero-order valence-electron chi connectivity index (χ0n) is 16.7. The van der Waals surface area contributed by atoms with Gasteiger partial charge in [-0.3, -0.25) is 14.9 Å². The molecule has 0 aromatic heterocycles. The van der Waals surface area contributed by atoms with Crippen molar-refractivity contribution >= 4 is 23.3 Å². The Bertz CT molecular complexity index is 893. The summed E-state index contributed by atoms with van der Waals surface area (Å²) in [5.41, 5.74) is 1.22. The van der Waals surface area contributed by atoms with Crippen LogP contribution in [0.1, 0.15) is 41.6 Å². The number of ether oxygens (including phenoxy) is 1. The van der Waals surface area contributed by atoms with Crippen molar-refractivity contribution in [1.29, 1.82) is 0 Å². The second-order valence-electron chi connectivity index (χ2n) is 7.20. The highest BCUT2D eigenvalue weighted by Crippen LogP contribution is 2.24. The van der Waals surface area contributed by atoms with Crippen LogP contribution in [-0.2, 0) is 16.1 Å². The van der Waals surface area contributed by atoms with Crippen LogP contribution in [0.25, 0.3) is 0 Å². The largest absolute Gasteiger partial charge is 0.452 e. The minimum absolute atomic E-state index is 0.0313. The summed E-state index contributed by atoms with van der Waals surface area (Å²) in [4.78, 5) is 37.3. The lowest BCUT2D eigenvalue weighted by molar-refractivity contribution is -0.384. The van der Waals surface area contributed by atoms with Crippen molar-refractivity contribution in [2.75, 3.05) is 25.0 Å². The maximum atomic E-state index is 12.7. The fourth-order valence-electron chi connectivity index (χ4n) is 3.38. The second-order valence-corrected chi connectivity index (χ2v) is 7.20. The molecular formula is C22H25N3O5. The third-order valence-corrected chi connectivity index (χ3v) is 5.05. The van der Waals surface area contributed by atoms with Gasteiger partial charge in [0, 0.05) is 37.5 Å². The summed E-state index contributed by atoms with van der Waals surface area (Å²) >= 11 is 0. The molecule has 1 heterocycles. The normalized spacial score (nSPS) is 13.9. The number of rotatable bonds is 7. The SMILES string of the molecule is O=C(OCC(=O)N1CCCCCC1)c1cc([N+](=O)[O-])ccc1NCc1ccccc1. The van der Waals surface area contributed by atoms with Gasteiger partial charge >= 0.3 is 5.97 Å². The Hall–Kier alpha value is -3.42. The van der Waals surface area contributed by atoms with E-state index < -0.39 is 10.9 Å². The zero-order valence-corrected chi connectivity index (χ0v) is 16.7. The fourth-order valence-corrected chi connectivity index (χ4v) is 3.38. The maximum Gasteiger partial charge on any atom is 0.341 e. The summed E-state index contributed by atoms with van der Waals surface area (Å²) in [7, 11) is 0. The summed E-state index contributed by atoms with van der Waals surface area (Å²) < 4.78 is 5.22. The molecule has 1 aliphatic heterocycles. The third-order valence-electron chi connectivity index (χ3n) is 5.05. The van der Waals surface area contributed by atoms with Crippen LogP contribution in [0.5, 0.6) is 0 Å². The molecule has 1 amide bonds. The molecule has 0 radical (unpaired) electrons. The summed E-state index contributed by atoms with van der Waals surface area (Å²) in [6, 6.07) is 13.5. The molecule has 158 valence electrons. The number of nitro groups is 1. The molecule has 30 heavy (non-hydrogen) atoms. The van der Waals surface area contributed by atoms with Crippen molar-refractivity contribution in [3.8, 4) is 0 Å². The van der Waals surface area contributed by atoms with E-state index in [0.717, 1.165) is 31.2 Å². The van der Waals surface area contributed by atoms with Crippen molar-refractivity contribution in [2.24, 2.45) is 0 Å². The van der Waals surface area contributed by atoms with E-state index in [2.05, 4.69) is 5.32 Å². The molecule has 1 saturated heterocycles. The quantitative estimate of drug-likeness (QED) is 0.423. The number of likely N-dealkylation sites (tertiary alicyclic amines) is 1. The highest BCUT2D eigenvalue weighted by molar-refractivity contribution is 5.97. The van der Waals surface area contributed by atoms with Crippen molar-refractivity contribution in [3.63, 3.8) is 0 Å². The number of nitrogens with one attached hydrogen (secondary N) is 1. The number of anilines is 1. The van der Waals surface area contributed by atoms with Crippen LogP contribution in [0.3, 0.4) is 0 Å². The predicted octanol–water partition coefficient (Wildman–Crippen LogP) is 3.77. The Morgan fingerprint density at radius 2 is 1.73 bits per heavy atom. The minimum Gasteiger partial charge on any atom is -0.452 e. The van der Waals surface area contributed by atoms with Gasteiger partial charge in [-0.2, -0.15) is 0 Å². The Morgan fingerprint density at radius 1 is 1.03 bits per heavy atom. The summed E-state index contributed by atoms with van der Waals surface area (Å²) in [6.45, 7) is 1.39. The Kier molecular flexibility index (Phi) is 7.37. The first-order chi connectivity index (χ1) is 14.5. The number of benzene rings is 2. The van der Waals surface area contributed by atoms with Crippen molar-refractivity contribution in [3.05, 3.63) is 69.8 Å². The summed E-state index contributed by atoms with van der Waals surface area (Å²) in [5, 5.41) is 14.3. The van der Waals surface area contributed by atoms with E-state index in [4.69, 9.17) is 4.74 Å². The predicted molar refractivity (Wildman–Crippen MR) is 112 cm³/mol. The highest BCUT2D eigenvalue weighted by atomic mass is 16.6. The molecule has 0 saturated carbocycles. The average molecular weight is 411 g/mol. The van der Waals surface area contributed by atoms with Gasteiger partial charge in [-0.1, -0.05) is 43.2 Å². The molecule has 0 bridgehead atoms. The van der Waals surface area contributed by atoms with Gasteiger partial charge in [-0.25, -0.2) is 4.79 Å². The number of carbonyl (C=O) groups excluding carboxylic acids is 2. The van der Waals surface area contributed by atoms with Gasteiger partial charge in [0.1, 0.15) is 0 Å². The molecular weight excluding hydrogens is 386 g/mol. The summed E-state index contributed by atoms with van der Waals surface area (Å²) in [6.07, 6.45) is 4.07. The van der Waals surface area contributed by atoms with Gasteiger partial charge in [0.15, 0.2) is 6.61 Å². The number of nitro benzene ring substituents is 1. The molecule has 0 atom stereocenters. The fraction of sp³-hybridized carbons (Fsp3) is 0.364. The van der Waals surface area contributed by atoms with Crippen LogP contribution in [0.15, 0.2) is 48.5 Å². The molecule has 0 unspecified atom stereocenters. The van der Waals surface area contributed by atoms with E-state index in [1.54, 1.807) is 4.90 Å². The number of non-ortho nitro benzene ring substituents is 1.